The van der Waals surface area contributed by atoms with Gasteiger partial charge in [0.1, 0.15) is 0 Å². The van der Waals surface area contributed by atoms with E-state index in [9.17, 15) is 0 Å². The summed E-state index contributed by atoms with van der Waals surface area (Å²) in [4.78, 5) is 0. The number of rotatable bonds is 8. The van der Waals surface area contributed by atoms with Crippen molar-refractivity contribution in [1.29, 1.82) is 0 Å². The van der Waals surface area contributed by atoms with Crippen molar-refractivity contribution in [3.63, 3.8) is 0 Å². The lowest BCUT2D eigenvalue weighted by Gasteiger charge is -2.11. The van der Waals surface area contributed by atoms with E-state index in [-0.39, 0.29) is 0 Å². The van der Waals surface area contributed by atoms with Gasteiger partial charge < -0.3 is 14.2 Å². The summed E-state index contributed by atoms with van der Waals surface area (Å²) >= 11 is 0. The zero-order valence-electron chi connectivity index (χ0n) is 12.7. The fourth-order valence-electron chi connectivity index (χ4n) is 2.00. The summed E-state index contributed by atoms with van der Waals surface area (Å²) in [5.74, 6) is 1.56. The van der Waals surface area contributed by atoms with Crippen LogP contribution in [0.4, 0.5) is 0 Å². The minimum absolute atomic E-state index is 0.619. The van der Waals surface area contributed by atoms with E-state index in [1.807, 2.05) is 43.3 Å². The number of methoxy groups -OCH3 is 1. The molecular weight excluding hydrogens is 264 g/mol. The zero-order chi connectivity index (χ0) is 14.9. The predicted molar refractivity (Wildman–Crippen MR) is 83.9 cm³/mol. The van der Waals surface area contributed by atoms with Crippen LogP contribution in [0.3, 0.4) is 0 Å². The van der Waals surface area contributed by atoms with Crippen molar-refractivity contribution in [2.75, 3.05) is 20.3 Å². The molecule has 3 heteroatoms. The lowest BCUT2D eigenvalue weighted by molar-refractivity contribution is 0.107. The molecule has 0 spiro atoms. The van der Waals surface area contributed by atoms with Crippen molar-refractivity contribution in [3.05, 3.63) is 59.7 Å². The van der Waals surface area contributed by atoms with Crippen molar-refractivity contribution in [2.45, 2.75) is 20.0 Å². The smallest absolute Gasteiger partial charge is 0.161 e. The second kappa shape index (κ2) is 8.32. The second-order valence-corrected chi connectivity index (χ2v) is 4.89. The SMILES string of the molecule is COc1cc(C)ccc1OCCCOCc1ccccc1. The van der Waals surface area contributed by atoms with Crippen LogP contribution >= 0.6 is 0 Å². The fourth-order valence-corrected chi connectivity index (χ4v) is 2.00. The van der Waals surface area contributed by atoms with Crippen molar-refractivity contribution < 1.29 is 14.2 Å². The van der Waals surface area contributed by atoms with E-state index >= 15 is 0 Å². The van der Waals surface area contributed by atoms with Gasteiger partial charge in [0.15, 0.2) is 11.5 Å². The standard InChI is InChI=1S/C18H22O3/c1-15-9-10-17(18(13-15)19-2)21-12-6-11-20-14-16-7-4-3-5-8-16/h3-5,7-10,13H,6,11-12,14H2,1-2H3. The van der Waals surface area contributed by atoms with Gasteiger partial charge in [-0.1, -0.05) is 36.4 Å². The first kappa shape index (κ1) is 15.4. The number of ether oxygens (including phenoxy) is 3. The molecule has 2 rings (SSSR count). The van der Waals surface area contributed by atoms with Crippen LogP contribution in [-0.4, -0.2) is 20.3 Å². The molecule has 0 aliphatic heterocycles. The number of hydrogen-bond donors (Lipinski definition) is 0. The first-order valence-electron chi connectivity index (χ1n) is 7.18. The Bertz CT molecular complexity index is 537. The molecule has 3 nitrogen and oxygen atoms in total. The Kier molecular flexibility index (Phi) is 6.10. The molecule has 0 bridgehead atoms. The molecule has 0 N–H and O–H groups in total. The van der Waals surface area contributed by atoms with Crippen LogP contribution in [0.5, 0.6) is 11.5 Å². The number of benzene rings is 2. The normalized spacial score (nSPS) is 10.4. The first-order valence-corrected chi connectivity index (χ1v) is 7.18. The van der Waals surface area contributed by atoms with Crippen molar-refractivity contribution in [3.8, 4) is 11.5 Å². The van der Waals surface area contributed by atoms with Gasteiger partial charge in [0.2, 0.25) is 0 Å². The molecule has 2 aromatic rings. The van der Waals surface area contributed by atoms with Crippen LogP contribution in [0, 0.1) is 6.92 Å². The molecule has 0 saturated carbocycles. The monoisotopic (exact) mass is 286 g/mol. The Balaban J connectivity index is 1.66. The third-order valence-corrected chi connectivity index (χ3v) is 3.12. The minimum atomic E-state index is 0.619. The molecule has 0 aromatic heterocycles. The van der Waals surface area contributed by atoms with Gasteiger partial charge in [0.25, 0.3) is 0 Å². The maximum Gasteiger partial charge on any atom is 0.161 e. The number of hydrogen-bond acceptors (Lipinski definition) is 3. The second-order valence-electron chi connectivity index (χ2n) is 4.89. The lowest BCUT2D eigenvalue weighted by Crippen LogP contribution is -2.04. The highest BCUT2D eigenvalue weighted by atomic mass is 16.5. The maximum atomic E-state index is 5.73. The Morgan fingerprint density at radius 1 is 0.905 bits per heavy atom. The first-order chi connectivity index (χ1) is 10.3. The van der Waals surface area contributed by atoms with Crippen molar-refractivity contribution in [1.82, 2.24) is 0 Å². The van der Waals surface area contributed by atoms with E-state index in [1.165, 1.54) is 5.56 Å². The molecule has 21 heavy (non-hydrogen) atoms. The molecule has 0 unspecified atom stereocenters. The van der Waals surface area contributed by atoms with E-state index in [0.29, 0.717) is 19.8 Å². The molecule has 0 aliphatic carbocycles. The lowest BCUT2D eigenvalue weighted by atomic mass is 10.2. The molecule has 0 heterocycles. The Morgan fingerprint density at radius 2 is 1.71 bits per heavy atom. The van der Waals surface area contributed by atoms with E-state index in [2.05, 4.69) is 12.1 Å². The van der Waals surface area contributed by atoms with Crippen LogP contribution in [-0.2, 0) is 11.3 Å². The zero-order valence-corrected chi connectivity index (χ0v) is 12.7. The summed E-state index contributed by atoms with van der Waals surface area (Å²) in [5.41, 5.74) is 2.35. The third kappa shape index (κ3) is 5.12. The minimum Gasteiger partial charge on any atom is -0.493 e. The summed E-state index contributed by atoms with van der Waals surface area (Å²) in [6, 6.07) is 16.1. The van der Waals surface area contributed by atoms with Crippen molar-refractivity contribution in [2.24, 2.45) is 0 Å². The highest BCUT2D eigenvalue weighted by Gasteiger charge is 2.03. The van der Waals surface area contributed by atoms with Gasteiger partial charge in [-0.05, 0) is 30.2 Å². The van der Waals surface area contributed by atoms with E-state index in [0.717, 1.165) is 23.5 Å². The Morgan fingerprint density at radius 3 is 2.48 bits per heavy atom. The van der Waals surface area contributed by atoms with Gasteiger partial charge in [0.05, 0.1) is 26.9 Å². The van der Waals surface area contributed by atoms with Crippen LogP contribution in [0.2, 0.25) is 0 Å². The molecule has 0 radical (unpaired) electrons. The molecule has 0 amide bonds. The summed E-state index contributed by atoms with van der Waals surface area (Å²) in [7, 11) is 1.66. The van der Waals surface area contributed by atoms with E-state index in [4.69, 9.17) is 14.2 Å². The quantitative estimate of drug-likeness (QED) is 0.687. The highest BCUT2D eigenvalue weighted by Crippen LogP contribution is 2.27. The maximum absolute atomic E-state index is 5.73. The molecule has 112 valence electrons. The van der Waals surface area contributed by atoms with Crippen LogP contribution in [0.15, 0.2) is 48.5 Å². The van der Waals surface area contributed by atoms with Crippen LogP contribution in [0.1, 0.15) is 17.5 Å². The van der Waals surface area contributed by atoms with Gasteiger partial charge in [-0.15, -0.1) is 0 Å². The largest absolute Gasteiger partial charge is 0.493 e. The molecular formula is C18H22O3. The summed E-state index contributed by atoms with van der Waals surface area (Å²) in [6.45, 7) is 3.98. The van der Waals surface area contributed by atoms with Gasteiger partial charge in [0, 0.05) is 6.42 Å². The highest BCUT2D eigenvalue weighted by molar-refractivity contribution is 5.42. The van der Waals surface area contributed by atoms with Crippen LogP contribution < -0.4 is 9.47 Å². The average Bonchev–Trinajstić information content (AvgIpc) is 2.52. The Hall–Kier alpha value is -2.00. The predicted octanol–water partition coefficient (Wildman–Crippen LogP) is 3.99. The summed E-state index contributed by atoms with van der Waals surface area (Å²) < 4.78 is 16.7. The summed E-state index contributed by atoms with van der Waals surface area (Å²) in [6.07, 6.45) is 0.851. The molecule has 0 atom stereocenters. The molecule has 2 aromatic carbocycles. The third-order valence-electron chi connectivity index (χ3n) is 3.12. The van der Waals surface area contributed by atoms with Crippen molar-refractivity contribution >= 4 is 0 Å². The van der Waals surface area contributed by atoms with Gasteiger partial charge in [-0.3, -0.25) is 0 Å². The van der Waals surface area contributed by atoms with Gasteiger partial charge in [-0.2, -0.15) is 0 Å². The Labute approximate surface area is 126 Å². The van der Waals surface area contributed by atoms with E-state index < -0.39 is 0 Å². The fraction of sp³-hybridized carbons (Fsp3) is 0.333. The molecule has 0 saturated heterocycles. The van der Waals surface area contributed by atoms with Gasteiger partial charge >= 0.3 is 0 Å². The average molecular weight is 286 g/mol. The molecule has 0 fully saturated rings. The topological polar surface area (TPSA) is 27.7 Å². The van der Waals surface area contributed by atoms with Gasteiger partial charge in [-0.25, -0.2) is 0 Å². The molecule has 0 aliphatic rings. The van der Waals surface area contributed by atoms with Crippen LogP contribution in [0.25, 0.3) is 0 Å². The summed E-state index contributed by atoms with van der Waals surface area (Å²) in [5, 5.41) is 0. The number of aryl methyl sites for hydroxylation is 1. The van der Waals surface area contributed by atoms with E-state index in [1.54, 1.807) is 7.11 Å².